The molecule has 2 aromatic heterocycles. The molecule has 7 aromatic rings. The van der Waals surface area contributed by atoms with E-state index in [4.69, 9.17) is 9.47 Å². The largest absolute Gasteiger partial charge is 0.494 e. The molecule has 0 radical (unpaired) electrons. The van der Waals surface area contributed by atoms with E-state index >= 15 is 0 Å². The Morgan fingerprint density at radius 2 is 0.543 bits per heavy atom. The summed E-state index contributed by atoms with van der Waals surface area (Å²) >= 11 is 0. The van der Waals surface area contributed by atoms with Gasteiger partial charge in [0, 0.05) is 76.7 Å². The molecule has 358 valence electrons. The Hall–Kier alpha value is -7.44. The minimum atomic E-state index is 0.744. The lowest BCUT2D eigenvalue weighted by atomic mass is 10.1. The Kier molecular flexibility index (Phi) is 19.8. The van der Waals surface area contributed by atoms with Gasteiger partial charge in [0.2, 0.25) is 0 Å². The summed E-state index contributed by atoms with van der Waals surface area (Å²) < 4.78 is 16.7. The first-order valence-electron chi connectivity index (χ1n) is 25.1. The van der Waals surface area contributed by atoms with Gasteiger partial charge in [-0.25, -0.2) is 9.13 Å². The lowest BCUT2D eigenvalue weighted by molar-refractivity contribution is -0.697. The zero-order chi connectivity index (χ0) is 48.6. The lowest BCUT2D eigenvalue weighted by Crippen LogP contribution is -2.32. The van der Waals surface area contributed by atoms with Crippen molar-refractivity contribution in [2.75, 3.05) is 51.2 Å². The highest BCUT2D eigenvalue weighted by atomic mass is 16.5. The highest BCUT2D eigenvalue weighted by molar-refractivity contribution is 5.74. The number of rotatable bonds is 26. The van der Waals surface area contributed by atoms with Crippen molar-refractivity contribution in [1.29, 1.82) is 0 Å². The molecule has 7 rings (SSSR count). The van der Waals surface area contributed by atoms with Crippen molar-refractivity contribution < 1.29 is 18.6 Å². The molecule has 0 N–H and O–H groups in total. The van der Waals surface area contributed by atoms with Crippen LogP contribution in [0.3, 0.4) is 0 Å². The maximum Gasteiger partial charge on any atom is 0.169 e. The van der Waals surface area contributed by atoms with Crippen LogP contribution in [-0.4, -0.2) is 41.4 Å². The van der Waals surface area contributed by atoms with Crippen LogP contribution < -0.4 is 28.4 Å². The van der Waals surface area contributed by atoms with Crippen molar-refractivity contribution in [3.05, 3.63) is 215 Å². The van der Waals surface area contributed by atoms with Crippen molar-refractivity contribution in [2.45, 2.75) is 64.5 Å². The van der Waals surface area contributed by atoms with E-state index in [0.29, 0.717) is 0 Å². The summed E-state index contributed by atoms with van der Waals surface area (Å²) in [5, 5.41) is 0. The molecule has 0 atom stereocenters. The summed E-state index contributed by atoms with van der Waals surface area (Å²) in [6, 6.07) is 51.4. The van der Waals surface area contributed by atoms with E-state index in [0.717, 1.165) is 74.6 Å². The van der Waals surface area contributed by atoms with Crippen molar-refractivity contribution in [1.82, 2.24) is 0 Å². The summed E-state index contributed by atoms with van der Waals surface area (Å²) in [7, 11) is 8.25. The Morgan fingerprint density at radius 1 is 0.300 bits per heavy atom. The van der Waals surface area contributed by atoms with Gasteiger partial charge in [-0.05, 0) is 132 Å². The van der Waals surface area contributed by atoms with Crippen LogP contribution in [0.5, 0.6) is 11.5 Å². The summed E-state index contributed by atoms with van der Waals surface area (Å²) in [4.78, 5) is 4.23. The summed E-state index contributed by atoms with van der Waals surface area (Å²) in [6.45, 7) is 3.56. The number of benzene rings is 5. The zero-order valence-electron chi connectivity index (χ0n) is 41.9. The number of pyridine rings is 2. The molecule has 0 saturated carbocycles. The van der Waals surface area contributed by atoms with Crippen LogP contribution in [0.2, 0.25) is 0 Å². The van der Waals surface area contributed by atoms with E-state index in [1.807, 2.05) is 0 Å². The Balaban J connectivity index is 0.707. The molecule has 0 aliphatic rings. The quantitative estimate of drug-likeness (QED) is 0.0308. The minimum Gasteiger partial charge on any atom is -0.494 e. The van der Waals surface area contributed by atoms with Gasteiger partial charge in [-0.1, -0.05) is 121 Å². The minimum absolute atomic E-state index is 0.744. The number of unbranched alkanes of at least 4 members (excludes halogenated alkanes) is 6. The van der Waals surface area contributed by atoms with E-state index in [1.165, 1.54) is 70.4 Å². The molecule has 0 fully saturated rings. The lowest BCUT2D eigenvalue weighted by Gasteiger charge is -2.11. The SMILES string of the molecule is CN(C)c1ccc(/C=C/c2cc[n+](CCCCCCOc3ccc(/C=C/c4ccc(/C=C/c5ccc(OCCCCCC[n+]6ccc(/C=C/c7ccc(N(C)C)cc7)cc6)cc5)cc4)cc3)cc2)cc1. The predicted molar refractivity (Wildman–Crippen MR) is 298 cm³/mol. The van der Waals surface area contributed by atoms with E-state index in [1.54, 1.807) is 0 Å². The van der Waals surface area contributed by atoms with E-state index in [9.17, 15) is 0 Å². The smallest absolute Gasteiger partial charge is 0.169 e. The highest BCUT2D eigenvalue weighted by Gasteiger charge is 2.04. The van der Waals surface area contributed by atoms with Gasteiger partial charge in [0.1, 0.15) is 24.6 Å². The summed E-state index contributed by atoms with van der Waals surface area (Å²) in [5.41, 5.74) is 11.9. The molecule has 70 heavy (non-hydrogen) atoms. The standard InChI is InChI=1S/C64H72N4O2/c1-65(2)61-33-25-55(26-34-61)21-23-59-41-47-67(48-42-59)45-9-5-7-11-51-69-63-37-29-57(30-38-63)19-17-53-13-15-54(16-14-53)18-20-58-31-39-64(40-32-58)70-52-12-8-6-10-46-68-49-43-60(44-50-68)24-22-56-27-35-62(36-28-56)66(3)4/h13-44,47-50H,5-12,45-46,51-52H2,1-4H3/q+2/b19-17+,20-18+. The molecule has 0 amide bonds. The van der Waals surface area contributed by atoms with Gasteiger partial charge in [0.05, 0.1) is 13.2 Å². The van der Waals surface area contributed by atoms with Crippen LogP contribution in [0, 0.1) is 0 Å². The number of hydrogen-bond acceptors (Lipinski definition) is 4. The molecule has 6 nitrogen and oxygen atoms in total. The molecule has 0 bridgehead atoms. The number of anilines is 2. The number of aryl methyl sites for hydroxylation is 2. The Labute approximate surface area is 418 Å². The molecule has 0 aliphatic carbocycles. The second-order valence-corrected chi connectivity index (χ2v) is 18.4. The second kappa shape index (κ2) is 27.5. The number of hydrogen-bond donors (Lipinski definition) is 0. The van der Waals surface area contributed by atoms with Crippen molar-refractivity contribution in [3.63, 3.8) is 0 Å². The van der Waals surface area contributed by atoms with Crippen LogP contribution in [0.1, 0.15) is 95.9 Å². The maximum atomic E-state index is 6.05. The van der Waals surface area contributed by atoms with Crippen LogP contribution in [0.4, 0.5) is 11.4 Å². The van der Waals surface area contributed by atoms with Gasteiger partial charge >= 0.3 is 0 Å². The molecule has 6 heteroatoms. The molecular formula is C64H72N4O2+2. The monoisotopic (exact) mass is 929 g/mol. The third-order valence-corrected chi connectivity index (χ3v) is 12.4. The first kappa shape index (κ1) is 50.4. The van der Waals surface area contributed by atoms with Crippen LogP contribution >= 0.6 is 0 Å². The van der Waals surface area contributed by atoms with Crippen molar-refractivity contribution in [3.8, 4) is 11.5 Å². The van der Waals surface area contributed by atoms with Gasteiger partial charge in [-0.2, -0.15) is 0 Å². The molecule has 0 saturated heterocycles. The fourth-order valence-corrected chi connectivity index (χ4v) is 7.94. The molecule has 2 heterocycles. The first-order valence-corrected chi connectivity index (χ1v) is 25.1. The average molecular weight is 929 g/mol. The molecule has 5 aromatic carbocycles. The number of aromatic nitrogens is 2. The van der Waals surface area contributed by atoms with Gasteiger partial charge < -0.3 is 19.3 Å². The van der Waals surface area contributed by atoms with Crippen LogP contribution in [-0.2, 0) is 13.1 Å². The zero-order valence-corrected chi connectivity index (χ0v) is 41.9. The van der Waals surface area contributed by atoms with Gasteiger partial charge in [-0.3, -0.25) is 0 Å². The van der Waals surface area contributed by atoms with Crippen molar-refractivity contribution in [2.24, 2.45) is 0 Å². The van der Waals surface area contributed by atoms with Crippen LogP contribution in [0.25, 0.3) is 48.6 Å². The fourth-order valence-electron chi connectivity index (χ4n) is 7.94. The normalized spacial score (nSPS) is 11.6. The molecule has 0 aliphatic heterocycles. The fraction of sp³-hybridized carbons (Fsp3) is 0.250. The topological polar surface area (TPSA) is 32.7 Å². The summed E-state index contributed by atoms with van der Waals surface area (Å²) in [6.07, 6.45) is 35.2. The second-order valence-electron chi connectivity index (χ2n) is 18.4. The molecule has 0 spiro atoms. The highest BCUT2D eigenvalue weighted by Crippen LogP contribution is 2.20. The molecule has 0 unspecified atom stereocenters. The van der Waals surface area contributed by atoms with E-state index in [2.05, 4.69) is 266 Å². The predicted octanol–water partition coefficient (Wildman–Crippen LogP) is 14.4. The first-order chi connectivity index (χ1) is 34.3. The van der Waals surface area contributed by atoms with Gasteiger partial charge in [0.15, 0.2) is 24.8 Å². The van der Waals surface area contributed by atoms with Gasteiger partial charge in [-0.15, -0.1) is 0 Å². The van der Waals surface area contributed by atoms with Crippen molar-refractivity contribution >= 4 is 60.0 Å². The van der Waals surface area contributed by atoms with E-state index in [-0.39, 0.29) is 0 Å². The Bertz CT molecular complexity index is 2510. The van der Waals surface area contributed by atoms with Gasteiger partial charge in [0.25, 0.3) is 0 Å². The number of nitrogens with zero attached hydrogens (tertiary/aromatic N) is 4. The number of ether oxygens (including phenoxy) is 2. The Morgan fingerprint density at radius 3 is 0.829 bits per heavy atom. The maximum absolute atomic E-state index is 6.05. The van der Waals surface area contributed by atoms with E-state index < -0.39 is 0 Å². The average Bonchev–Trinajstić information content (AvgIpc) is 3.39. The third-order valence-electron chi connectivity index (χ3n) is 12.4. The summed E-state index contributed by atoms with van der Waals surface area (Å²) in [5.74, 6) is 1.85. The third kappa shape index (κ3) is 17.6. The molecular weight excluding hydrogens is 857 g/mol. The van der Waals surface area contributed by atoms with Crippen LogP contribution in [0.15, 0.2) is 170 Å².